The summed E-state index contributed by atoms with van der Waals surface area (Å²) in [6, 6.07) is 12.9. The molecule has 0 fully saturated rings. The summed E-state index contributed by atoms with van der Waals surface area (Å²) in [6.07, 6.45) is 0. The minimum absolute atomic E-state index is 0.145. The van der Waals surface area contributed by atoms with Crippen molar-refractivity contribution < 1.29 is 9.59 Å². The molecule has 2 N–H and O–H groups in total. The minimum Gasteiger partial charge on any atom is -0.326 e. The van der Waals surface area contributed by atoms with E-state index in [9.17, 15) is 9.59 Å². The second kappa shape index (κ2) is 8.87. The summed E-state index contributed by atoms with van der Waals surface area (Å²) in [6.45, 7) is 7.24. The maximum Gasteiger partial charge on any atom is 0.237 e. The summed E-state index contributed by atoms with van der Waals surface area (Å²) in [5.74, 6) is -0.313. The van der Waals surface area contributed by atoms with Crippen LogP contribution in [0.2, 0.25) is 0 Å². The second-order valence-corrected chi connectivity index (χ2v) is 7.93. The van der Waals surface area contributed by atoms with Gasteiger partial charge in [0.2, 0.25) is 17.0 Å². The van der Waals surface area contributed by atoms with Gasteiger partial charge < -0.3 is 10.6 Å². The fraction of sp³-hybridized carbons (Fsp3) is 0.250. The molecule has 1 aromatic heterocycles. The van der Waals surface area contributed by atoms with E-state index < -0.39 is 5.25 Å². The first-order valence-electron chi connectivity index (χ1n) is 9.05. The van der Waals surface area contributed by atoms with Gasteiger partial charge in [0.15, 0.2) is 0 Å². The van der Waals surface area contributed by atoms with Crippen LogP contribution in [-0.2, 0) is 9.59 Å². The van der Waals surface area contributed by atoms with Crippen LogP contribution in [0.25, 0.3) is 5.69 Å². The van der Waals surface area contributed by atoms with Crippen LogP contribution in [0.15, 0.2) is 47.6 Å². The van der Waals surface area contributed by atoms with Gasteiger partial charge in [0.05, 0.1) is 10.9 Å². The predicted octanol–water partition coefficient (Wildman–Crippen LogP) is 3.36. The maximum atomic E-state index is 12.6. The number of aromatic nitrogens is 4. The van der Waals surface area contributed by atoms with Crippen LogP contribution in [0.4, 0.5) is 11.4 Å². The van der Waals surface area contributed by atoms with Crippen molar-refractivity contribution >= 4 is 35.0 Å². The van der Waals surface area contributed by atoms with Gasteiger partial charge in [0.1, 0.15) is 0 Å². The highest BCUT2D eigenvalue weighted by Gasteiger charge is 2.20. The summed E-state index contributed by atoms with van der Waals surface area (Å²) < 4.78 is 1.67. The number of thioether (sulfide) groups is 1. The molecule has 3 rings (SSSR count). The van der Waals surface area contributed by atoms with Crippen LogP contribution in [-0.4, -0.2) is 37.3 Å². The van der Waals surface area contributed by atoms with Gasteiger partial charge in [-0.3, -0.25) is 9.59 Å². The molecule has 1 heterocycles. The molecule has 0 spiro atoms. The van der Waals surface area contributed by atoms with Gasteiger partial charge in [-0.1, -0.05) is 30.0 Å². The Bertz CT molecular complexity index is 1010. The summed E-state index contributed by atoms with van der Waals surface area (Å²) in [7, 11) is 0. The molecule has 9 heteroatoms. The Morgan fingerprint density at radius 2 is 1.59 bits per heavy atom. The number of hydrogen-bond acceptors (Lipinski definition) is 6. The smallest absolute Gasteiger partial charge is 0.237 e. The third-order valence-corrected chi connectivity index (χ3v) is 5.25. The van der Waals surface area contributed by atoms with Gasteiger partial charge in [-0.2, -0.15) is 4.68 Å². The lowest BCUT2D eigenvalue weighted by Crippen LogP contribution is -2.23. The van der Waals surface area contributed by atoms with E-state index in [0.29, 0.717) is 16.5 Å². The highest BCUT2D eigenvalue weighted by molar-refractivity contribution is 8.00. The zero-order valence-corrected chi connectivity index (χ0v) is 17.4. The van der Waals surface area contributed by atoms with E-state index in [1.807, 2.05) is 32.0 Å². The molecule has 0 aliphatic carbocycles. The number of para-hydroxylation sites is 1. The number of carbonyl (C=O) groups is 2. The Hall–Kier alpha value is -3.20. The third kappa shape index (κ3) is 5.00. The summed E-state index contributed by atoms with van der Waals surface area (Å²) in [5.41, 5.74) is 4.34. The molecule has 2 aromatic carbocycles. The van der Waals surface area contributed by atoms with Crippen molar-refractivity contribution in [1.29, 1.82) is 0 Å². The summed E-state index contributed by atoms with van der Waals surface area (Å²) in [4.78, 5) is 23.7. The molecule has 2 amide bonds. The summed E-state index contributed by atoms with van der Waals surface area (Å²) >= 11 is 1.29. The van der Waals surface area contributed by atoms with E-state index in [-0.39, 0.29) is 11.8 Å². The highest BCUT2D eigenvalue weighted by Crippen LogP contribution is 2.27. The van der Waals surface area contributed by atoms with Crippen molar-refractivity contribution in [2.75, 3.05) is 10.6 Å². The number of amides is 2. The number of tetrazole rings is 1. The van der Waals surface area contributed by atoms with Crippen molar-refractivity contribution in [3.8, 4) is 5.69 Å². The first-order chi connectivity index (χ1) is 13.8. The number of anilines is 2. The van der Waals surface area contributed by atoms with Crippen molar-refractivity contribution in [1.82, 2.24) is 20.2 Å². The van der Waals surface area contributed by atoms with E-state index in [2.05, 4.69) is 26.2 Å². The predicted molar refractivity (Wildman–Crippen MR) is 113 cm³/mol. The fourth-order valence-electron chi connectivity index (χ4n) is 2.83. The molecule has 29 heavy (non-hydrogen) atoms. The Morgan fingerprint density at radius 1 is 1.00 bits per heavy atom. The molecule has 1 atom stereocenters. The standard InChI is InChI=1S/C20H22N6O2S/c1-12-6-5-7-13(2)18(12)26-20(23-24-25-26)29-14(3)19(28)22-17-10-8-16(9-11-17)21-15(4)27/h5-11,14H,1-4H3,(H,21,27)(H,22,28)/t14-/m0/s1. The fourth-order valence-corrected chi connectivity index (χ4v) is 3.62. The Balaban J connectivity index is 1.70. The van der Waals surface area contributed by atoms with Gasteiger partial charge in [-0.25, -0.2) is 0 Å². The topological polar surface area (TPSA) is 102 Å². The number of nitrogens with zero attached hydrogens (tertiary/aromatic N) is 4. The van der Waals surface area contributed by atoms with E-state index in [1.165, 1.54) is 18.7 Å². The average molecular weight is 411 g/mol. The van der Waals surface area contributed by atoms with Crippen molar-refractivity contribution in [2.24, 2.45) is 0 Å². The summed E-state index contributed by atoms with van der Waals surface area (Å²) in [5, 5.41) is 17.7. The van der Waals surface area contributed by atoms with Crippen molar-refractivity contribution in [3.05, 3.63) is 53.6 Å². The Kier molecular flexibility index (Phi) is 6.28. The van der Waals surface area contributed by atoms with Crippen LogP contribution in [0, 0.1) is 13.8 Å². The quantitative estimate of drug-likeness (QED) is 0.604. The number of hydrogen-bond donors (Lipinski definition) is 2. The molecule has 0 unspecified atom stereocenters. The Labute approximate surface area is 173 Å². The first kappa shape index (κ1) is 20.5. The van der Waals surface area contributed by atoms with Gasteiger partial charge in [0, 0.05) is 18.3 Å². The van der Waals surface area contributed by atoms with E-state index in [1.54, 1.807) is 35.9 Å². The number of rotatable bonds is 6. The molecule has 8 nitrogen and oxygen atoms in total. The van der Waals surface area contributed by atoms with Crippen LogP contribution in [0.3, 0.4) is 0 Å². The molecule has 0 bridgehead atoms. The van der Waals surface area contributed by atoms with Gasteiger partial charge in [0.25, 0.3) is 0 Å². The van der Waals surface area contributed by atoms with E-state index in [0.717, 1.165) is 16.8 Å². The zero-order valence-electron chi connectivity index (χ0n) is 16.6. The molecule has 150 valence electrons. The highest BCUT2D eigenvalue weighted by atomic mass is 32.2. The SMILES string of the molecule is CC(=O)Nc1ccc(NC(=O)[C@H](C)Sc2nnnn2-c2c(C)cccc2C)cc1. The van der Waals surface area contributed by atoms with Crippen LogP contribution in [0.1, 0.15) is 25.0 Å². The second-order valence-electron chi connectivity index (χ2n) is 6.62. The largest absolute Gasteiger partial charge is 0.326 e. The maximum absolute atomic E-state index is 12.6. The van der Waals surface area contributed by atoms with Crippen molar-refractivity contribution in [2.45, 2.75) is 38.1 Å². The normalized spacial score (nSPS) is 11.7. The molecule has 0 aliphatic heterocycles. The van der Waals surface area contributed by atoms with Gasteiger partial charge in [-0.05, 0) is 66.6 Å². The van der Waals surface area contributed by atoms with E-state index in [4.69, 9.17) is 0 Å². The van der Waals surface area contributed by atoms with Crippen LogP contribution < -0.4 is 10.6 Å². The third-order valence-electron chi connectivity index (χ3n) is 4.22. The minimum atomic E-state index is -0.418. The van der Waals surface area contributed by atoms with Gasteiger partial charge in [-0.15, -0.1) is 5.10 Å². The average Bonchev–Trinajstić information content (AvgIpc) is 3.10. The number of carbonyl (C=O) groups excluding carboxylic acids is 2. The lowest BCUT2D eigenvalue weighted by Gasteiger charge is -2.14. The number of nitrogens with one attached hydrogen (secondary N) is 2. The van der Waals surface area contributed by atoms with Crippen molar-refractivity contribution in [3.63, 3.8) is 0 Å². The molecule has 3 aromatic rings. The van der Waals surface area contributed by atoms with Crippen LogP contribution >= 0.6 is 11.8 Å². The molecule has 0 saturated heterocycles. The number of aryl methyl sites for hydroxylation is 2. The zero-order chi connectivity index (χ0) is 21.0. The molecular formula is C20H22N6O2S. The molecule has 0 saturated carbocycles. The molecular weight excluding hydrogens is 388 g/mol. The molecule has 0 aliphatic rings. The molecule has 0 radical (unpaired) electrons. The Morgan fingerprint density at radius 3 is 2.17 bits per heavy atom. The lowest BCUT2D eigenvalue weighted by molar-refractivity contribution is -0.115. The lowest BCUT2D eigenvalue weighted by atomic mass is 10.1. The van der Waals surface area contributed by atoms with Gasteiger partial charge >= 0.3 is 0 Å². The first-order valence-corrected chi connectivity index (χ1v) is 9.93. The van der Waals surface area contributed by atoms with Crippen LogP contribution in [0.5, 0.6) is 0 Å². The number of benzene rings is 2. The van der Waals surface area contributed by atoms with E-state index >= 15 is 0 Å². The monoisotopic (exact) mass is 410 g/mol.